The quantitative estimate of drug-likeness (QED) is 0.672. The zero-order chi connectivity index (χ0) is 9.97. The summed E-state index contributed by atoms with van der Waals surface area (Å²) in [4.78, 5) is 11.5. The molecule has 0 aromatic carbocycles. The molecule has 2 rings (SSSR count). The smallest absolute Gasteiger partial charge is 0.220 e. The second-order valence-electron chi connectivity index (χ2n) is 4.36. The van der Waals surface area contributed by atoms with Crippen LogP contribution in [0.1, 0.15) is 25.7 Å². The van der Waals surface area contributed by atoms with Crippen LogP contribution in [-0.2, 0) is 9.53 Å². The molecule has 0 bridgehead atoms. The standard InChI is InChI=1S/C10H18N2O2/c11-9-3-1-2-7(9)4-10(13)12-8-5-14-6-8/h7-9H,1-6,11H2,(H,12,13)/t7-,9+/m0/s1. The Hall–Kier alpha value is -0.610. The number of hydrogen-bond donors (Lipinski definition) is 2. The van der Waals surface area contributed by atoms with Crippen LogP contribution in [0.5, 0.6) is 0 Å². The molecule has 1 aliphatic carbocycles. The van der Waals surface area contributed by atoms with Crippen molar-refractivity contribution in [1.29, 1.82) is 0 Å². The third-order valence-corrected chi connectivity index (χ3v) is 3.17. The van der Waals surface area contributed by atoms with E-state index in [1.165, 1.54) is 6.42 Å². The van der Waals surface area contributed by atoms with Crippen molar-refractivity contribution in [2.45, 2.75) is 37.8 Å². The van der Waals surface area contributed by atoms with Gasteiger partial charge >= 0.3 is 0 Å². The molecule has 0 spiro atoms. The molecule has 0 unspecified atom stereocenters. The van der Waals surface area contributed by atoms with E-state index in [4.69, 9.17) is 10.5 Å². The molecule has 1 saturated carbocycles. The SMILES string of the molecule is N[C@@H]1CCC[C@H]1CC(=O)NC1COC1. The summed E-state index contributed by atoms with van der Waals surface area (Å²) in [6, 6.07) is 0.485. The van der Waals surface area contributed by atoms with Crippen LogP contribution in [0.3, 0.4) is 0 Å². The summed E-state index contributed by atoms with van der Waals surface area (Å²) < 4.78 is 4.99. The van der Waals surface area contributed by atoms with Gasteiger partial charge in [0.2, 0.25) is 5.91 Å². The van der Waals surface area contributed by atoms with Crippen molar-refractivity contribution in [2.24, 2.45) is 11.7 Å². The number of nitrogens with one attached hydrogen (secondary N) is 1. The number of rotatable bonds is 3. The molecule has 80 valence electrons. The van der Waals surface area contributed by atoms with E-state index in [0.29, 0.717) is 25.6 Å². The molecule has 1 aliphatic heterocycles. The van der Waals surface area contributed by atoms with Crippen molar-refractivity contribution in [3.63, 3.8) is 0 Å². The largest absolute Gasteiger partial charge is 0.377 e. The Morgan fingerprint density at radius 1 is 1.43 bits per heavy atom. The molecule has 2 aliphatic rings. The topological polar surface area (TPSA) is 64.4 Å². The molecule has 4 heteroatoms. The zero-order valence-electron chi connectivity index (χ0n) is 8.37. The van der Waals surface area contributed by atoms with Gasteiger partial charge in [0, 0.05) is 12.5 Å². The maximum Gasteiger partial charge on any atom is 0.220 e. The summed E-state index contributed by atoms with van der Waals surface area (Å²) in [6.07, 6.45) is 3.95. The summed E-state index contributed by atoms with van der Waals surface area (Å²) in [5.41, 5.74) is 5.90. The highest BCUT2D eigenvalue weighted by Crippen LogP contribution is 2.26. The second kappa shape index (κ2) is 4.28. The van der Waals surface area contributed by atoms with Gasteiger partial charge in [0.05, 0.1) is 19.3 Å². The summed E-state index contributed by atoms with van der Waals surface area (Å²) in [6.45, 7) is 1.34. The van der Waals surface area contributed by atoms with Gasteiger partial charge in [0.15, 0.2) is 0 Å². The van der Waals surface area contributed by atoms with E-state index < -0.39 is 0 Å². The molecule has 3 N–H and O–H groups in total. The van der Waals surface area contributed by atoms with Crippen LogP contribution in [-0.4, -0.2) is 31.2 Å². The Morgan fingerprint density at radius 2 is 2.21 bits per heavy atom. The van der Waals surface area contributed by atoms with Crippen molar-refractivity contribution in [3.8, 4) is 0 Å². The predicted octanol–water partition coefficient (Wildman–Crippen LogP) is 0.0189. The Labute approximate surface area is 84.2 Å². The lowest BCUT2D eigenvalue weighted by Crippen LogP contribution is -2.49. The highest BCUT2D eigenvalue weighted by molar-refractivity contribution is 5.76. The minimum absolute atomic E-state index is 0.139. The minimum Gasteiger partial charge on any atom is -0.377 e. The van der Waals surface area contributed by atoms with Crippen LogP contribution in [0.15, 0.2) is 0 Å². The van der Waals surface area contributed by atoms with E-state index in [9.17, 15) is 4.79 Å². The van der Waals surface area contributed by atoms with Crippen LogP contribution < -0.4 is 11.1 Å². The molecule has 2 fully saturated rings. The molecule has 0 aromatic rings. The molecule has 1 amide bonds. The van der Waals surface area contributed by atoms with E-state index in [0.717, 1.165) is 12.8 Å². The number of carbonyl (C=O) groups is 1. The molecule has 4 nitrogen and oxygen atoms in total. The predicted molar refractivity (Wildman–Crippen MR) is 52.7 cm³/mol. The van der Waals surface area contributed by atoms with Crippen LogP contribution in [0, 0.1) is 5.92 Å². The third kappa shape index (κ3) is 2.25. The molecule has 2 atom stereocenters. The number of nitrogens with two attached hydrogens (primary N) is 1. The van der Waals surface area contributed by atoms with Crippen molar-refractivity contribution in [1.82, 2.24) is 5.32 Å². The summed E-state index contributed by atoms with van der Waals surface area (Å²) in [5, 5.41) is 2.94. The van der Waals surface area contributed by atoms with Gasteiger partial charge in [-0.15, -0.1) is 0 Å². The Balaban J connectivity index is 1.70. The molecule has 1 saturated heterocycles. The Kier molecular flexibility index (Phi) is 3.03. The second-order valence-corrected chi connectivity index (χ2v) is 4.36. The van der Waals surface area contributed by atoms with Gasteiger partial charge in [-0.1, -0.05) is 6.42 Å². The van der Waals surface area contributed by atoms with E-state index in [2.05, 4.69) is 5.32 Å². The van der Waals surface area contributed by atoms with E-state index in [1.807, 2.05) is 0 Å². The molecule has 1 heterocycles. The third-order valence-electron chi connectivity index (χ3n) is 3.17. The Morgan fingerprint density at radius 3 is 2.71 bits per heavy atom. The van der Waals surface area contributed by atoms with Crippen molar-refractivity contribution in [3.05, 3.63) is 0 Å². The molecular formula is C10H18N2O2. The first kappa shape index (κ1) is 9.93. The fourth-order valence-electron chi connectivity index (χ4n) is 2.16. The van der Waals surface area contributed by atoms with Gasteiger partial charge in [-0.3, -0.25) is 4.79 Å². The fourth-order valence-corrected chi connectivity index (χ4v) is 2.16. The lowest BCUT2D eigenvalue weighted by Gasteiger charge is -2.27. The highest BCUT2D eigenvalue weighted by atomic mass is 16.5. The summed E-state index contributed by atoms with van der Waals surface area (Å²) >= 11 is 0. The van der Waals surface area contributed by atoms with Crippen LogP contribution >= 0.6 is 0 Å². The fraction of sp³-hybridized carbons (Fsp3) is 0.900. The number of carbonyl (C=O) groups excluding carboxylic acids is 1. The maximum atomic E-state index is 11.5. The van der Waals surface area contributed by atoms with Gasteiger partial charge in [0.1, 0.15) is 0 Å². The first-order chi connectivity index (χ1) is 6.75. The van der Waals surface area contributed by atoms with Crippen molar-refractivity contribution < 1.29 is 9.53 Å². The van der Waals surface area contributed by atoms with E-state index >= 15 is 0 Å². The number of ether oxygens (including phenoxy) is 1. The minimum atomic E-state index is 0.139. The van der Waals surface area contributed by atoms with Crippen LogP contribution in [0.4, 0.5) is 0 Å². The molecule has 0 aromatic heterocycles. The zero-order valence-corrected chi connectivity index (χ0v) is 8.37. The molecule has 0 radical (unpaired) electrons. The van der Waals surface area contributed by atoms with Crippen molar-refractivity contribution in [2.75, 3.05) is 13.2 Å². The van der Waals surface area contributed by atoms with Gasteiger partial charge in [-0.25, -0.2) is 0 Å². The van der Waals surface area contributed by atoms with Gasteiger partial charge in [0.25, 0.3) is 0 Å². The average Bonchev–Trinajstić information content (AvgIpc) is 2.45. The normalized spacial score (nSPS) is 32.6. The van der Waals surface area contributed by atoms with Gasteiger partial charge in [-0.05, 0) is 18.8 Å². The number of hydrogen-bond acceptors (Lipinski definition) is 3. The molecule has 14 heavy (non-hydrogen) atoms. The lowest BCUT2D eigenvalue weighted by atomic mass is 9.99. The van der Waals surface area contributed by atoms with Gasteiger partial charge < -0.3 is 15.8 Å². The van der Waals surface area contributed by atoms with E-state index in [-0.39, 0.29) is 18.0 Å². The summed E-state index contributed by atoms with van der Waals surface area (Å²) in [5.74, 6) is 0.539. The monoisotopic (exact) mass is 198 g/mol. The van der Waals surface area contributed by atoms with Crippen LogP contribution in [0.25, 0.3) is 0 Å². The van der Waals surface area contributed by atoms with Crippen LogP contribution in [0.2, 0.25) is 0 Å². The summed E-state index contributed by atoms with van der Waals surface area (Å²) in [7, 11) is 0. The average molecular weight is 198 g/mol. The van der Waals surface area contributed by atoms with Gasteiger partial charge in [-0.2, -0.15) is 0 Å². The Bertz CT molecular complexity index is 216. The first-order valence-corrected chi connectivity index (χ1v) is 5.38. The maximum absolute atomic E-state index is 11.5. The van der Waals surface area contributed by atoms with E-state index in [1.54, 1.807) is 0 Å². The highest BCUT2D eigenvalue weighted by Gasteiger charge is 2.27. The lowest BCUT2D eigenvalue weighted by molar-refractivity contribution is -0.126. The molecular weight excluding hydrogens is 180 g/mol. The van der Waals surface area contributed by atoms with Crippen molar-refractivity contribution >= 4 is 5.91 Å². The first-order valence-electron chi connectivity index (χ1n) is 5.38. The number of amides is 1.